The van der Waals surface area contributed by atoms with E-state index in [1.54, 1.807) is 12.1 Å². The largest absolute Gasteiger partial charge is 0.325 e. The second-order valence-electron chi connectivity index (χ2n) is 4.74. The molecule has 3 nitrogen and oxygen atoms in total. The molecule has 1 aromatic rings. The third-order valence-electron chi connectivity index (χ3n) is 3.15. The highest BCUT2D eigenvalue weighted by Crippen LogP contribution is 2.19. The Balaban J connectivity index is 1.64. The molecule has 0 unspecified atom stereocenters. The van der Waals surface area contributed by atoms with E-state index in [0.717, 1.165) is 18.7 Å². The molecule has 19 heavy (non-hydrogen) atoms. The van der Waals surface area contributed by atoms with Crippen molar-refractivity contribution in [2.45, 2.75) is 25.7 Å². The van der Waals surface area contributed by atoms with Gasteiger partial charge in [0, 0.05) is 10.7 Å². The van der Waals surface area contributed by atoms with Crippen LogP contribution in [0.2, 0.25) is 5.02 Å². The molecule has 102 valence electrons. The lowest BCUT2D eigenvalue weighted by atomic mass is 10.2. The van der Waals surface area contributed by atoms with Gasteiger partial charge < -0.3 is 10.6 Å². The Labute approximate surface area is 119 Å². The molecule has 4 heteroatoms. The van der Waals surface area contributed by atoms with Gasteiger partial charge in [-0.1, -0.05) is 29.3 Å². The van der Waals surface area contributed by atoms with E-state index in [0.29, 0.717) is 11.6 Å². The zero-order chi connectivity index (χ0) is 13.5. The van der Waals surface area contributed by atoms with Gasteiger partial charge in [-0.15, -0.1) is 0 Å². The Morgan fingerprint density at radius 2 is 2.26 bits per heavy atom. The Bertz CT molecular complexity index is 471. The highest BCUT2D eigenvalue weighted by atomic mass is 35.5. The van der Waals surface area contributed by atoms with Gasteiger partial charge in [-0.2, -0.15) is 0 Å². The molecule has 1 aliphatic carbocycles. The minimum atomic E-state index is -0.0392. The van der Waals surface area contributed by atoms with Crippen molar-refractivity contribution in [3.05, 3.63) is 40.9 Å². The molecule has 1 aliphatic rings. The normalized spacial score (nSPS) is 14.3. The molecule has 0 radical (unpaired) electrons. The standard InChI is InChI=1S/C15H19ClN2O/c16-13-6-3-7-14(10-13)18-15(19)11-17-9-8-12-4-1-2-5-12/h3-4,6-7,10,17H,1-2,5,8-9,11H2,(H,18,19). The number of benzene rings is 1. The lowest BCUT2D eigenvalue weighted by Gasteiger charge is -2.07. The molecular formula is C15H19ClN2O. The smallest absolute Gasteiger partial charge is 0.238 e. The molecule has 2 N–H and O–H groups in total. The number of carbonyl (C=O) groups excluding carboxylic acids is 1. The summed E-state index contributed by atoms with van der Waals surface area (Å²) in [7, 11) is 0. The summed E-state index contributed by atoms with van der Waals surface area (Å²) < 4.78 is 0. The summed E-state index contributed by atoms with van der Waals surface area (Å²) in [6.07, 6.45) is 7.07. The fourth-order valence-corrected chi connectivity index (χ4v) is 2.38. The quantitative estimate of drug-likeness (QED) is 0.619. The molecule has 0 aromatic heterocycles. The van der Waals surface area contributed by atoms with Crippen LogP contribution in [0.4, 0.5) is 5.69 Å². The molecule has 0 spiro atoms. The van der Waals surface area contributed by atoms with Gasteiger partial charge in [0.1, 0.15) is 0 Å². The second kappa shape index (κ2) is 7.31. The molecule has 0 atom stereocenters. The summed E-state index contributed by atoms with van der Waals surface area (Å²) in [5, 5.41) is 6.60. The number of halogens is 1. The molecule has 0 saturated heterocycles. The number of nitrogens with one attached hydrogen (secondary N) is 2. The van der Waals surface area contributed by atoms with Crippen molar-refractivity contribution in [3.8, 4) is 0 Å². The van der Waals surface area contributed by atoms with E-state index in [4.69, 9.17) is 11.6 Å². The van der Waals surface area contributed by atoms with Crippen molar-refractivity contribution < 1.29 is 4.79 Å². The monoisotopic (exact) mass is 278 g/mol. The van der Waals surface area contributed by atoms with Crippen LogP contribution >= 0.6 is 11.6 Å². The highest BCUT2D eigenvalue weighted by molar-refractivity contribution is 6.30. The van der Waals surface area contributed by atoms with E-state index in [1.807, 2.05) is 12.1 Å². The van der Waals surface area contributed by atoms with Gasteiger partial charge in [0.15, 0.2) is 0 Å². The lowest BCUT2D eigenvalue weighted by molar-refractivity contribution is -0.115. The van der Waals surface area contributed by atoms with Crippen LogP contribution in [0.5, 0.6) is 0 Å². The first-order chi connectivity index (χ1) is 9.24. The van der Waals surface area contributed by atoms with E-state index < -0.39 is 0 Å². The van der Waals surface area contributed by atoms with Crippen LogP contribution in [0.1, 0.15) is 25.7 Å². The van der Waals surface area contributed by atoms with Gasteiger partial charge >= 0.3 is 0 Å². The van der Waals surface area contributed by atoms with Gasteiger partial charge in [0.05, 0.1) is 6.54 Å². The number of carbonyl (C=O) groups is 1. The van der Waals surface area contributed by atoms with Gasteiger partial charge in [-0.05, 0) is 50.4 Å². The summed E-state index contributed by atoms with van der Waals surface area (Å²) >= 11 is 5.85. The molecule has 0 heterocycles. The average molecular weight is 279 g/mol. The minimum absolute atomic E-state index is 0.0392. The summed E-state index contributed by atoms with van der Waals surface area (Å²) in [6, 6.07) is 7.17. The topological polar surface area (TPSA) is 41.1 Å². The number of amides is 1. The maximum absolute atomic E-state index is 11.7. The maximum atomic E-state index is 11.7. The SMILES string of the molecule is O=C(CNCCC1=CCCC1)Nc1cccc(Cl)c1. The molecular weight excluding hydrogens is 260 g/mol. The van der Waals surface area contributed by atoms with E-state index in [2.05, 4.69) is 16.7 Å². The van der Waals surface area contributed by atoms with Crippen LogP contribution in [0.25, 0.3) is 0 Å². The summed E-state index contributed by atoms with van der Waals surface area (Å²) in [4.78, 5) is 11.7. The van der Waals surface area contributed by atoms with Crippen LogP contribution in [0.15, 0.2) is 35.9 Å². The van der Waals surface area contributed by atoms with Crippen molar-refractivity contribution in [2.75, 3.05) is 18.4 Å². The number of hydrogen-bond acceptors (Lipinski definition) is 2. The predicted molar refractivity (Wildman–Crippen MR) is 79.5 cm³/mol. The van der Waals surface area contributed by atoms with E-state index in [1.165, 1.54) is 24.8 Å². The molecule has 0 fully saturated rings. The lowest BCUT2D eigenvalue weighted by Crippen LogP contribution is -2.28. The Morgan fingerprint density at radius 3 is 3.00 bits per heavy atom. The first-order valence-electron chi connectivity index (χ1n) is 6.68. The van der Waals surface area contributed by atoms with Crippen LogP contribution in [-0.4, -0.2) is 19.0 Å². The van der Waals surface area contributed by atoms with Gasteiger partial charge in [-0.3, -0.25) is 4.79 Å². The van der Waals surface area contributed by atoms with Crippen LogP contribution in [0, 0.1) is 0 Å². The number of allylic oxidation sites excluding steroid dienone is 1. The van der Waals surface area contributed by atoms with E-state index >= 15 is 0 Å². The highest BCUT2D eigenvalue weighted by Gasteiger charge is 2.05. The first kappa shape index (κ1) is 14.1. The summed E-state index contributed by atoms with van der Waals surface area (Å²) in [5.74, 6) is -0.0392. The van der Waals surface area contributed by atoms with Crippen molar-refractivity contribution in [3.63, 3.8) is 0 Å². The van der Waals surface area contributed by atoms with E-state index in [9.17, 15) is 4.79 Å². The Morgan fingerprint density at radius 1 is 1.37 bits per heavy atom. The second-order valence-corrected chi connectivity index (χ2v) is 5.18. The Kier molecular flexibility index (Phi) is 5.43. The van der Waals surface area contributed by atoms with Crippen LogP contribution in [0.3, 0.4) is 0 Å². The minimum Gasteiger partial charge on any atom is -0.325 e. The van der Waals surface area contributed by atoms with Crippen molar-refractivity contribution in [1.82, 2.24) is 5.32 Å². The summed E-state index contributed by atoms with van der Waals surface area (Å²) in [6.45, 7) is 1.19. The molecule has 1 aromatic carbocycles. The number of rotatable bonds is 6. The van der Waals surface area contributed by atoms with Gasteiger partial charge in [0.2, 0.25) is 5.91 Å². The molecule has 0 aliphatic heterocycles. The number of hydrogen-bond donors (Lipinski definition) is 2. The van der Waals surface area contributed by atoms with Gasteiger partial charge in [0.25, 0.3) is 0 Å². The Hall–Kier alpha value is -1.32. The average Bonchev–Trinajstić information content (AvgIpc) is 2.88. The van der Waals surface area contributed by atoms with Crippen molar-refractivity contribution >= 4 is 23.2 Å². The molecule has 0 saturated carbocycles. The first-order valence-corrected chi connectivity index (χ1v) is 7.06. The fourth-order valence-electron chi connectivity index (χ4n) is 2.19. The summed E-state index contributed by atoms with van der Waals surface area (Å²) in [5.41, 5.74) is 2.25. The maximum Gasteiger partial charge on any atom is 0.238 e. The van der Waals surface area contributed by atoms with Crippen LogP contribution in [-0.2, 0) is 4.79 Å². The molecule has 2 rings (SSSR count). The fraction of sp³-hybridized carbons (Fsp3) is 0.400. The molecule has 1 amide bonds. The van der Waals surface area contributed by atoms with Crippen LogP contribution < -0.4 is 10.6 Å². The van der Waals surface area contributed by atoms with Gasteiger partial charge in [-0.25, -0.2) is 0 Å². The third-order valence-corrected chi connectivity index (χ3v) is 3.39. The predicted octanol–water partition coefficient (Wildman–Crippen LogP) is 3.37. The zero-order valence-electron chi connectivity index (χ0n) is 10.9. The van der Waals surface area contributed by atoms with Crippen molar-refractivity contribution in [2.24, 2.45) is 0 Å². The zero-order valence-corrected chi connectivity index (χ0v) is 11.7. The number of anilines is 1. The third kappa shape index (κ3) is 5.05. The van der Waals surface area contributed by atoms with Crippen molar-refractivity contribution in [1.29, 1.82) is 0 Å². The molecule has 0 bridgehead atoms. The van der Waals surface area contributed by atoms with E-state index in [-0.39, 0.29) is 5.91 Å².